The number of nitrogens with zero attached hydrogens (tertiary/aromatic N) is 1. The number of nitrogens with one attached hydrogen (secondary N) is 1. The van der Waals surface area contributed by atoms with Crippen molar-refractivity contribution in [1.82, 2.24) is 5.43 Å². The second kappa shape index (κ2) is 11.4. The van der Waals surface area contributed by atoms with E-state index in [-0.39, 0.29) is 21.4 Å². The monoisotopic (exact) mass is 524 g/mol. The molecule has 0 aliphatic heterocycles. The largest absolute Gasteiger partial charge is 0.479 e. The standard InChI is InChI=1S/C23H16Cl4N2O4/c1-13(32-21-8-6-16(25)11-20(21)27)22(30)29-28-12-14-3-2-4-17(9-14)33-23(31)18-7-5-15(24)10-19(18)26/h2-13H,1H3,(H,29,30)/b28-12+. The van der Waals surface area contributed by atoms with Crippen LogP contribution in [0.1, 0.15) is 22.8 Å². The average molecular weight is 526 g/mol. The van der Waals surface area contributed by atoms with Crippen molar-refractivity contribution in [3.63, 3.8) is 0 Å². The molecule has 170 valence electrons. The first-order valence-corrected chi connectivity index (χ1v) is 11.0. The van der Waals surface area contributed by atoms with E-state index < -0.39 is 18.0 Å². The summed E-state index contributed by atoms with van der Waals surface area (Å²) in [5.74, 6) is -0.526. The molecule has 1 atom stereocenters. The summed E-state index contributed by atoms with van der Waals surface area (Å²) in [5, 5.41) is 5.25. The van der Waals surface area contributed by atoms with Gasteiger partial charge in [0.05, 0.1) is 21.8 Å². The van der Waals surface area contributed by atoms with Gasteiger partial charge in [0, 0.05) is 10.0 Å². The second-order valence-electron chi connectivity index (χ2n) is 6.66. The number of carbonyl (C=O) groups is 2. The number of hydrazone groups is 1. The molecule has 0 spiro atoms. The second-order valence-corrected chi connectivity index (χ2v) is 8.34. The van der Waals surface area contributed by atoms with E-state index in [1.807, 2.05) is 0 Å². The third-order valence-electron chi connectivity index (χ3n) is 4.17. The third kappa shape index (κ3) is 7.11. The molecule has 0 saturated heterocycles. The molecular formula is C23H16Cl4N2O4. The number of halogens is 4. The lowest BCUT2D eigenvalue weighted by Crippen LogP contribution is -2.33. The van der Waals surface area contributed by atoms with Crippen molar-refractivity contribution in [3.8, 4) is 11.5 Å². The molecule has 10 heteroatoms. The Morgan fingerprint density at radius 1 is 0.939 bits per heavy atom. The third-order valence-corrected chi connectivity index (χ3v) is 5.25. The lowest BCUT2D eigenvalue weighted by atomic mass is 10.2. The van der Waals surface area contributed by atoms with E-state index in [0.717, 1.165) is 0 Å². The maximum absolute atomic E-state index is 12.4. The number of amides is 1. The van der Waals surface area contributed by atoms with Crippen molar-refractivity contribution in [3.05, 3.63) is 91.9 Å². The van der Waals surface area contributed by atoms with Crippen LogP contribution in [0.4, 0.5) is 0 Å². The van der Waals surface area contributed by atoms with E-state index in [0.29, 0.717) is 21.4 Å². The van der Waals surface area contributed by atoms with Crippen molar-refractivity contribution in [2.24, 2.45) is 5.10 Å². The Balaban J connectivity index is 1.58. The van der Waals surface area contributed by atoms with Crippen molar-refractivity contribution < 1.29 is 19.1 Å². The fourth-order valence-electron chi connectivity index (χ4n) is 2.55. The van der Waals surface area contributed by atoms with Crippen LogP contribution in [0.3, 0.4) is 0 Å². The zero-order valence-corrected chi connectivity index (χ0v) is 20.0. The average Bonchev–Trinajstić information content (AvgIpc) is 2.75. The van der Waals surface area contributed by atoms with Crippen LogP contribution in [-0.4, -0.2) is 24.2 Å². The van der Waals surface area contributed by atoms with Gasteiger partial charge in [0.1, 0.15) is 11.5 Å². The number of carbonyl (C=O) groups excluding carboxylic acids is 2. The van der Waals surface area contributed by atoms with Crippen LogP contribution in [0.15, 0.2) is 65.8 Å². The van der Waals surface area contributed by atoms with Crippen LogP contribution < -0.4 is 14.9 Å². The normalized spacial score (nSPS) is 11.8. The molecule has 1 unspecified atom stereocenters. The molecule has 33 heavy (non-hydrogen) atoms. The summed E-state index contributed by atoms with van der Waals surface area (Å²) < 4.78 is 10.9. The Hall–Kier alpha value is -2.77. The zero-order chi connectivity index (χ0) is 24.0. The molecule has 0 heterocycles. The first-order chi connectivity index (χ1) is 15.7. The van der Waals surface area contributed by atoms with E-state index in [1.165, 1.54) is 24.4 Å². The topological polar surface area (TPSA) is 77.0 Å². The van der Waals surface area contributed by atoms with Gasteiger partial charge in [-0.3, -0.25) is 4.79 Å². The number of rotatable bonds is 7. The molecule has 1 amide bonds. The number of esters is 1. The molecule has 0 radical (unpaired) electrons. The number of benzene rings is 3. The number of ether oxygens (including phenoxy) is 2. The van der Waals surface area contributed by atoms with Gasteiger partial charge >= 0.3 is 5.97 Å². The van der Waals surface area contributed by atoms with Gasteiger partial charge in [-0.05, 0) is 61.0 Å². The molecule has 0 aromatic heterocycles. The van der Waals surface area contributed by atoms with Gasteiger partial charge < -0.3 is 9.47 Å². The Kier molecular flexibility index (Phi) is 8.58. The van der Waals surface area contributed by atoms with E-state index in [1.54, 1.807) is 49.4 Å². The molecule has 0 saturated carbocycles. The molecule has 3 aromatic carbocycles. The molecule has 0 fully saturated rings. The Bertz CT molecular complexity index is 1220. The summed E-state index contributed by atoms with van der Waals surface area (Å²) in [6, 6.07) is 15.7. The smallest absolute Gasteiger partial charge is 0.345 e. The highest BCUT2D eigenvalue weighted by Gasteiger charge is 2.16. The van der Waals surface area contributed by atoms with Crippen LogP contribution in [-0.2, 0) is 4.79 Å². The van der Waals surface area contributed by atoms with Gasteiger partial charge in [-0.2, -0.15) is 5.10 Å². The fourth-order valence-corrected chi connectivity index (χ4v) is 3.49. The fraction of sp³-hybridized carbons (Fsp3) is 0.0870. The molecule has 0 aliphatic rings. The van der Waals surface area contributed by atoms with Gasteiger partial charge in [0.2, 0.25) is 0 Å². The summed E-state index contributed by atoms with van der Waals surface area (Å²) in [7, 11) is 0. The van der Waals surface area contributed by atoms with Crippen LogP contribution >= 0.6 is 46.4 Å². The van der Waals surface area contributed by atoms with Gasteiger partial charge in [-0.15, -0.1) is 0 Å². The van der Waals surface area contributed by atoms with Crippen molar-refractivity contribution in [2.75, 3.05) is 0 Å². The highest BCUT2D eigenvalue weighted by Crippen LogP contribution is 2.28. The minimum atomic E-state index is -0.864. The van der Waals surface area contributed by atoms with E-state index >= 15 is 0 Å². The Morgan fingerprint density at radius 3 is 2.33 bits per heavy atom. The quantitative estimate of drug-likeness (QED) is 0.167. The van der Waals surface area contributed by atoms with Crippen molar-refractivity contribution >= 4 is 64.5 Å². The molecular weight excluding hydrogens is 510 g/mol. The highest BCUT2D eigenvalue weighted by molar-refractivity contribution is 6.36. The molecule has 3 aromatic rings. The van der Waals surface area contributed by atoms with E-state index in [9.17, 15) is 9.59 Å². The van der Waals surface area contributed by atoms with E-state index in [4.69, 9.17) is 55.9 Å². The van der Waals surface area contributed by atoms with Gasteiger partial charge in [0.25, 0.3) is 5.91 Å². The van der Waals surface area contributed by atoms with Gasteiger partial charge in [0.15, 0.2) is 6.10 Å². The Labute approximate surface area is 210 Å². The summed E-state index contributed by atoms with van der Waals surface area (Å²) in [4.78, 5) is 24.6. The molecule has 3 rings (SSSR count). The minimum absolute atomic E-state index is 0.183. The molecule has 0 aliphatic carbocycles. The van der Waals surface area contributed by atoms with Crippen LogP contribution in [0.5, 0.6) is 11.5 Å². The Morgan fingerprint density at radius 2 is 1.64 bits per heavy atom. The van der Waals surface area contributed by atoms with Crippen LogP contribution in [0, 0.1) is 0 Å². The van der Waals surface area contributed by atoms with Crippen molar-refractivity contribution in [2.45, 2.75) is 13.0 Å². The highest BCUT2D eigenvalue weighted by atomic mass is 35.5. The predicted molar refractivity (Wildman–Crippen MR) is 130 cm³/mol. The SMILES string of the molecule is CC(Oc1ccc(Cl)cc1Cl)C(=O)N/N=C/c1cccc(OC(=O)c2ccc(Cl)cc2Cl)c1. The minimum Gasteiger partial charge on any atom is -0.479 e. The predicted octanol–water partition coefficient (Wildman–Crippen LogP) is 6.44. The summed E-state index contributed by atoms with van der Waals surface area (Å²) in [5.41, 5.74) is 3.14. The molecule has 1 N–H and O–H groups in total. The van der Waals surface area contributed by atoms with Gasteiger partial charge in [-0.25, -0.2) is 10.2 Å². The maximum Gasteiger partial charge on any atom is 0.345 e. The summed E-state index contributed by atoms with van der Waals surface area (Å²) in [6.45, 7) is 1.55. The first kappa shape index (κ1) is 24.9. The number of hydrogen-bond donors (Lipinski definition) is 1. The first-order valence-electron chi connectivity index (χ1n) is 9.45. The lowest BCUT2D eigenvalue weighted by Gasteiger charge is -2.14. The van der Waals surface area contributed by atoms with Crippen LogP contribution in [0.25, 0.3) is 0 Å². The van der Waals surface area contributed by atoms with E-state index in [2.05, 4.69) is 10.5 Å². The van der Waals surface area contributed by atoms with Crippen LogP contribution in [0.2, 0.25) is 20.1 Å². The zero-order valence-electron chi connectivity index (χ0n) is 17.0. The number of hydrogen-bond acceptors (Lipinski definition) is 5. The van der Waals surface area contributed by atoms with Crippen molar-refractivity contribution in [1.29, 1.82) is 0 Å². The molecule has 0 bridgehead atoms. The van der Waals surface area contributed by atoms with Gasteiger partial charge in [-0.1, -0.05) is 58.5 Å². The maximum atomic E-state index is 12.4. The molecule has 6 nitrogen and oxygen atoms in total. The summed E-state index contributed by atoms with van der Waals surface area (Å²) >= 11 is 23.8. The summed E-state index contributed by atoms with van der Waals surface area (Å²) in [6.07, 6.45) is 0.532. The lowest BCUT2D eigenvalue weighted by molar-refractivity contribution is -0.127.